The lowest BCUT2D eigenvalue weighted by atomic mass is 10.1. The predicted molar refractivity (Wildman–Crippen MR) is 62.3 cm³/mol. The van der Waals surface area contributed by atoms with E-state index in [0.717, 1.165) is 5.57 Å². The first-order valence-electron chi connectivity index (χ1n) is 5.65. The summed E-state index contributed by atoms with van der Waals surface area (Å²) in [6.45, 7) is 6.56. The van der Waals surface area contributed by atoms with Crippen LogP contribution in [0.5, 0.6) is 0 Å². The maximum atomic E-state index is 11.8. The molecule has 0 aliphatic carbocycles. The number of carbonyl (C=O) groups excluding carboxylic acids is 2. The zero-order chi connectivity index (χ0) is 12.8. The van der Waals surface area contributed by atoms with Gasteiger partial charge < -0.3 is 14.8 Å². The SMILES string of the molecule is C=C(C)C[C@H](NC(=O)[C@H]1CCOC1)C(=O)OC. The number of hydrogen-bond acceptors (Lipinski definition) is 4. The molecule has 1 saturated heterocycles. The van der Waals surface area contributed by atoms with E-state index < -0.39 is 12.0 Å². The van der Waals surface area contributed by atoms with Crippen molar-refractivity contribution in [2.75, 3.05) is 20.3 Å². The summed E-state index contributed by atoms with van der Waals surface area (Å²) in [4.78, 5) is 23.3. The number of ether oxygens (including phenoxy) is 2. The zero-order valence-electron chi connectivity index (χ0n) is 10.3. The van der Waals surface area contributed by atoms with Crippen molar-refractivity contribution in [3.8, 4) is 0 Å². The Balaban J connectivity index is 2.55. The smallest absolute Gasteiger partial charge is 0.328 e. The number of methoxy groups -OCH3 is 1. The molecular formula is C12H19NO4. The van der Waals surface area contributed by atoms with Gasteiger partial charge in [0, 0.05) is 6.61 Å². The van der Waals surface area contributed by atoms with Crippen LogP contribution >= 0.6 is 0 Å². The minimum atomic E-state index is -0.648. The van der Waals surface area contributed by atoms with Crippen LogP contribution in [-0.4, -0.2) is 38.2 Å². The summed E-state index contributed by atoms with van der Waals surface area (Å²) in [5, 5.41) is 2.69. The second-order valence-electron chi connectivity index (χ2n) is 4.31. The molecular weight excluding hydrogens is 222 g/mol. The number of nitrogens with one attached hydrogen (secondary N) is 1. The van der Waals surface area contributed by atoms with E-state index in [9.17, 15) is 9.59 Å². The Labute approximate surface area is 101 Å². The highest BCUT2D eigenvalue weighted by Crippen LogP contribution is 2.13. The summed E-state index contributed by atoms with van der Waals surface area (Å²) in [5.41, 5.74) is 0.823. The third kappa shape index (κ3) is 4.19. The second-order valence-corrected chi connectivity index (χ2v) is 4.31. The minimum absolute atomic E-state index is 0.154. The van der Waals surface area contributed by atoms with Gasteiger partial charge in [-0.25, -0.2) is 4.79 Å². The second kappa shape index (κ2) is 6.39. The van der Waals surface area contributed by atoms with Crippen molar-refractivity contribution in [1.82, 2.24) is 5.32 Å². The van der Waals surface area contributed by atoms with Gasteiger partial charge >= 0.3 is 5.97 Å². The molecule has 1 rings (SSSR count). The standard InChI is InChI=1S/C12H19NO4/c1-8(2)6-10(12(15)16-3)13-11(14)9-4-5-17-7-9/h9-10H,1,4-7H2,2-3H3,(H,13,14)/t9-,10-/m0/s1. The van der Waals surface area contributed by atoms with Gasteiger partial charge in [-0.15, -0.1) is 6.58 Å². The van der Waals surface area contributed by atoms with E-state index >= 15 is 0 Å². The number of carbonyl (C=O) groups is 2. The van der Waals surface area contributed by atoms with Crippen molar-refractivity contribution < 1.29 is 19.1 Å². The Morgan fingerprint density at radius 2 is 2.29 bits per heavy atom. The van der Waals surface area contributed by atoms with Crippen molar-refractivity contribution in [3.05, 3.63) is 12.2 Å². The van der Waals surface area contributed by atoms with E-state index in [1.165, 1.54) is 7.11 Å². The Kier molecular flexibility index (Phi) is 5.15. The lowest BCUT2D eigenvalue weighted by Gasteiger charge is -2.18. The van der Waals surface area contributed by atoms with Crippen LogP contribution in [0, 0.1) is 5.92 Å². The fourth-order valence-corrected chi connectivity index (χ4v) is 1.71. The number of amides is 1. The van der Waals surface area contributed by atoms with Crippen LogP contribution in [0.3, 0.4) is 0 Å². The van der Waals surface area contributed by atoms with Gasteiger partial charge in [0.05, 0.1) is 19.6 Å². The van der Waals surface area contributed by atoms with Gasteiger partial charge in [0.15, 0.2) is 0 Å². The summed E-state index contributed by atoms with van der Waals surface area (Å²) in [7, 11) is 1.30. The normalized spacial score (nSPS) is 20.7. The fraction of sp³-hybridized carbons (Fsp3) is 0.667. The number of rotatable bonds is 5. The lowest BCUT2D eigenvalue weighted by Crippen LogP contribution is -2.44. The molecule has 0 bridgehead atoms. The molecule has 1 aliphatic rings. The highest BCUT2D eigenvalue weighted by atomic mass is 16.5. The number of hydrogen-bond donors (Lipinski definition) is 1. The van der Waals surface area contributed by atoms with Crippen molar-refractivity contribution in [3.63, 3.8) is 0 Å². The molecule has 0 aromatic heterocycles. The quantitative estimate of drug-likeness (QED) is 0.567. The lowest BCUT2D eigenvalue weighted by molar-refractivity contribution is -0.145. The fourth-order valence-electron chi connectivity index (χ4n) is 1.71. The van der Waals surface area contributed by atoms with Crippen LogP contribution < -0.4 is 5.32 Å². The van der Waals surface area contributed by atoms with Crippen LogP contribution in [0.1, 0.15) is 19.8 Å². The van der Waals surface area contributed by atoms with Crippen molar-refractivity contribution in [2.45, 2.75) is 25.8 Å². The van der Waals surface area contributed by atoms with Gasteiger partial charge in [-0.1, -0.05) is 5.57 Å². The molecule has 0 spiro atoms. The Hall–Kier alpha value is -1.36. The molecule has 0 aromatic carbocycles. The third-order valence-corrected chi connectivity index (χ3v) is 2.66. The summed E-state index contributed by atoms with van der Waals surface area (Å²) in [5.74, 6) is -0.758. The van der Waals surface area contributed by atoms with Gasteiger partial charge in [0.2, 0.25) is 5.91 Å². The van der Waals surface area contributed by atoms with Crippen LogP contribution in [0.25, 0.3) is 0 Å². The summed E-state index contributed by atoms with van der Waals surface area (Å²) in [6.07, 6.45) is 1.10. The van der Waals surface area contributed by atoms with Crippen molar-refractivity contribution in [2.24, 2.45) is 5.92 Å². The Morgan fingerprint density at radius 3 is 2.76 bits per heavy atom. The van der Waals surface area contributed by atoms with Gasteiger partial charge in [-0.05, 0) is 19.8 Å². The maximum Gasteiger partial charge on any atom is 0.328 e. The first-order chi connectivity index (χ1) is 8.04. The molecule has 0 radical (unpaired) electrons. The first kappa shape index (κ1) is 13.7. The topological polar surface area (TPSA) is 64.6 Å². The van der Waals surface area contributed by atoms with E-state index in [1.807, 2.05) is 0 Å². The average molecular weight is 241 g/mol. The minimum Gasteiger partial charge on any atom is -0.467 e. The van der Waals surface area contributed by atoms with E-state index in [0.29, 0.717) is 26.1 Å². The van der Waals surface area contributed by atoms with Gasteiger partial charge in [0.25, 0.3) is 0 Å². The molecule has 96 valence electrons. The molecule has 0 unspecified atom stereocenters. The van der Waals surface area contributed by atoms with E-state index in [-0.39, 0.29) is 11.8 Å². The molecule has 1 fully saturated rings. The van der Waals surface area contributed by atoms with Gasteiger partial charge in [0.1, 0.15) is 6.04 Å². The first-order valence-corrected chi connectivity index (χ1v) is 5.65. The van der Waals surface area contributed by atoms with Gasteiger partial charge in [-0.2, -0.15) is 0 Å². The largest absolute Gasteiger partial charge is 0.467 e. The van der Waals surface area contributed by atoms with Crippen LogP contribution in [-0.2, 0) is 19.1 Å². The molecule has 1 N–H and O–H groups in total. The molecule has 1 aliphatic heterocycles. The molecule has 1 heterocycles. The van der Waals surface area contributed by atoms with Gasteiger partial charge in [-0.3, -0.25) is 4.79 Å². The Bertz CT molecular complexity index is 308. The monoisotopic (exact) mass is 241 g/mol. The summed E-state index contributed by atoms with van der Waals surface area (Å²) in [6, 6.07) is -0.648. The summed E-state index contributed by atoms with van der Waals surface area (Å²) < 4.78 is 9.78. The van der Waals surface area contributed by atoms with Crippen LogP contribution in [0.15, 0.2) is 12.2 Å². The van der Waals surface area contributed by atoms with Crippen molar-refractivity contribution in [1.29, 1.82) is 0 Å². The zero-order valence-corrected chi connectivity index (χ0v) is 10.3. The molecule has 0 aromatic rings. The maximum absolute atomic E-state index is 11.8. The van der Waals surface area contributed by atoms with E-state index in [1.54, 1.807) is 6.92 Å². The van der Waals surface area contributed by atoms with E-state index in [4.69, 9.17) is 4.74 Å². The number of esters is 1. The molecule has 0 saturated carbocycles. The average Bonchev–Trinajstić information content (AvgIpc) is 2.79. The van der Waals surface area contributed by atoms with Crippen molar-refractivity contribution >= 4 is 11.9 Å². The highest BCUT2D eigenvalue weighted by molar-refractivity contribution is 5.86. The molecule has 5 heteroatoms. The highest BCUT2D eigenvalue weighted by Gasteiger charge is 2.28. The van der Waals surface area contributed by atoms with E-state index in [2.05, 4.69) is 16.6 Å². The Morgan fingerprint density at radius 1 is 1.59 bits per heavy atom. The van der Waals surface area contributed by atoms with Crippen LogP contribution in [0.4, 0.5) is 0 Å². The molecule has 5 nitrogen and oxygen atoms in total. The summed E-state index contributed by atoms with van der Waals surface area (Å²) >= 11 is 0. The molecule has 17 heavy (non-hydrogen) atoms. The molecule has 1 amide bonds. The molecule has 2 atom stereocenters. The third-order valence-electron chi connectivity index (χ3n) is 2.66. The van der Waals surface area contributed by atoms with Crippen LogP contribution in [0.2, 0.25) is 0 Å². The predicted octanol–water partition coefficient (Wildman–Crippen LogP) is 0.647.